The number of hydrogen-bond donors (Lipinski definition) is 2. The Balaban J connectivity index is 2.12. The average Bonchev–Trinajstić information content (AvgIpc) is 2.78. The molecule has 0 saturated heterocycles. The first-order valence-electron chi connectivity index (χ1n) is 6.85. The van der Waals surface area contributed by atoms with Crippen LogP contribution in [0.2, 0.25) is 0 Å². The summed E-state index contributed by atoms with van der Waals surface area (Å²) in [5.74, 6) is 0.950. The molecule has 3 rings (SSSR count). The van der Waals surface area contributed by atoms with Crippen molar-refractivity contribution >= 4 is 10.9 Å². The van der Waals surface area contributed by atoms with Gasteiger partial charge in [-0.1, -0.05) is 13.3 Å². The van der Waals surface area contributed by atoms with E-state index in [1.807, 2.05) is 6.07 Å². The van der Waals surface area contributed by atoms with Gasteiger partial charge < -0.3 is 15.0 Å². The summed E-state index contributed by atoms with van der Waals surface area (Å²) in [6.45, 7) is 3.45. The topological polar surface area (TPSA) is 41.6 Å². The van der Waals surface area contributed by atoms with Gasteiger partial charge in [0.25, 0.3) is 0 Å². The van der Waals surface area contributed by atoms with E-state index in [-0.39, 0.29) is 0 Å². The Hall–Kier alpha value is -1.48. The van der Waals surface area contributed by atoms with Crippen LogP contribution >= 0.6 is 0 Å². The Labute approximate surface area is 108 Å². The highest BCUT2D eigenvalue weighted by atomic mass is 16.5. The van der Waals surface area contributed by atoms with Crippen molar-refractivity contribution in [3.63, 3.8) is 0 Å². The van der Waals surface area contributed by atoms with Gasteiger partial charge in [-0.25, -0.2) is 0 Å². The zero-order valence-corrected chi connectivity index (χ0v) is 11.1. The summed E-state index contributed by atoms with van der Waals surface area (Å²) in [6, 6.07) is 6.94. The van der Waals surface area contributed by atoms with Gasteiger partial charge >= 0.3 is 0 Å². The first-order valence-corrected chi connectivity index (χ1v) is 6.85. The van der Waals surface area contributed by atoms with Crippen molar-refractivity contribution in [2.45, 2.75) is 32.2 Å². The van der Waals surface area contributed by atoms with E-state index < -0.39 is 0 Å². The number of nitrogens with one attached hydrogen (secondary N) is 1. The first kappa shape index (κ1) is 11.6. The van der Waals surface area contributed by atoms with E-state index in [4.69, 9.17) is 4.74 Å². The fraction of sp³-hybridized carbons (Fsp3) is 0.467. The molecule has 0 aliphatic carbocycles. The second kappa shape index (κ2) is 4.65. The standard InChI is InChI=1S/C15H20N2O/c1-3-4-14-15-11(7-8-16-14)12-9-10(18-2)5-6-13(12)17-15/h5-6,9,14,16-17H,3-4,7-8H2,1-2H3/p+1/t14-/m1/s1. The highest BCUT2D eigenvalue weighted by Gasteiger charge is 2.26. The van der Waals surface area contributed by atoms with Crippen LogP contribution < -0.4 is 10.1 Å². The third-order valence-corrected chi connectivity index (χ3v) is 3.96. The van der Waals surface area contributed by atoms with Crippen LogP contribution in [0.15, 0.2) is 18.2 Å². The minimum absolute atomic E-state index is 0.608. The Morgan fingerprint density at radius 2 is 2.33 bits per heavy atom. The molecule has 18 heavy (non-hydrogen) atoms. The minimum atomic E-state index is 0.608. The van der Waals surface area contributed by atoms with Crippen LogP contribution in [0, 0.1) is 0 Å². The molecule has 1 atom stereocenters. The highest BCUT2D eigenvalue weighted by molar-refractivity contribution is 5.86. The van der Waals surface area contributed by atoms with Gasteiger partial charge in [-0.15, -0.1) is 0 Å². The van der Waals surface area contributed by atoms with E-state index in [0.29, 0.717) is 6.04 Å². The second-order valence-corrected chi connectivity index (χ2v) is 5.10. The van der Waals surface area contributed by atoms with Crippen molar-refractivity contribution in [2.75, 3.05) is 13.7 Å². The summed E-state index contributed by atoms with van der Waals surface area (Å²) in [4.78, 5) is 3.62. The molecule has 3 nitrogen and oxygen atoms in total. The van der Waals surface area contributed by atoms with Gasteiger partial charge in [-0.05, 0) is 23.8 Å². The minimum Gasteiger partial charge on any atom is -0.497 e. The van der Waals surface area contributed by atoms with Gasteiger partial charge in [-0.2, -0.15) is 0 Å². The van der Waals surface area contributed by atoms with Crippen molar-refractivity contribution in [1.29, 1.82) is 0 Å². The van der Waals surface area contributed by atoms with Crippen LogP contribution in [0.5, 0.6) is 5.75 Å². The third kappa shape index (κ3) is 1.79. The van der Waals surface area contributed by atoms with E-state index in [9.17, 15) is 0 Å². The zero-order chi connectivity index (χ0) is 12.5. The van der Waals surface area contributed by atoms with Crippen LogP contribution in [-0.2, 0) is 6.42 Å². The number of fused-ring (bicyclic) bond motifs is 3. The Morgan fingerprint density at radius 1 is 1.44 bits per heavy atom. The molecule has 1 aromatic carbocycles. The number of aromatic amines is 1. The maximum Gasteiger partial charge on any atom is 0.127 e. The maximum atomic E-state index is 5.34. The predicted molar refractivity (Wildman–Crippen MR) is 73.0 cm³/mol. The number of methoxy groups -OCH3 is 1. The largest absolute Gasteiger partial charge is 0.497 e. The number of ether oxygens (including phenoxy) is 1. The van der Waals surface area contributed by atoms with Crippen LogP contribution in [-0.4, -0.2) is 18.6 Å². The number of benzene rings is 1. The fourth-order valence-electron chi connectivity index (χ4n) is 3.08. The lowest BCUT2D eigenvalue weighted by Crippen LogP contribution is -2.87. The van der Waals surface area contributed by atoms with E-state index in [1.54, 1.807) is 7.11 Å². The highest BCUT2D eigenvalue weighted by Crippen LogP contribution is 2.31. The molecule has 0 saturated carbocycles. The second-order valence-electron chi connectivity index (χ2n) is 5.10. The lowest BCUT2D eigenvalue weighted by molar-refractivity contribution is -0.700. The summed E-state index contributed by atoms with van der Waals surface area (Å²) in [7, 11) is 1.73. The summed E-state index contributed by atoms with van der Waals surface area (Å²) in [6.07, 6.45) is 3.64. The summed E-state index contributed by atoms with van der Waals surface area (Å²) >= 11 is 0. The molecule has 0 fully saturated rings. The molecule has 0 bridgehead atoms. The molecule has 2 heterocycles. The first-order chi connectivity index (χ1) is 8.83. The van der Waals surface area contributed by atoms with Crippen LogP contribution in [0.1, 0.15) is 37.1 Å². The molecule has 0 spiro atoms. The van der Waals surface area contributed by atoms with Crippen LogP contribution in [0.4, 0.5) is 0 Å². The molecule has 1 aliphatic heterocycles. The maximum absolute atomic E-state index is 5.34. The zero-order valence-electron chi connectivity index (χ0n) is 11.1. The number of rotatable bonds is 3. The van der Waals surface area contributed by atoms with Crippen LogP contribution in [0.25, 0.3) is 10.9 Å². The molecular formula is C15H21N2O+. The third-order valence-electron chi connectivity index (χ3n) is 3.96. The molecule has 0 amide bonds. The molecular weight excluding hydrogens is 224 g/mol. The lowest BCUT2D eigenvalue weighted by atomic mass is 9.96. The van der Waals surface area contributed by atoms with Gasteiger partial charge in [0.05, 0.1) is 19.3 Å². The smallest absolute Gasteiger partial charge is 0.127 e. The van der Waals surface area contributed by atoms with Gasteiger partial charge in [-0.3, -0.25) is 0 Å². The molecule has 96 valence electrons. The average molecular weight is 245 g/mol. The molecule has 2 aromatic rings. The van der Waals surface area contributed by atoms with Crippen molar-refractivity contribution < 1.29 is 10.1 Å². The number of quaternary nitrogens is 1. The summed E-state index contributed by atoms with van der Waals surface area (Å²) < 4.78 is 5.34. The van der Waals surface area contributed by atoms with E-state index in [0.717, 1.165) is 12.2 Å². The molecule has 0 radical (unpaired) electrons. The van der Waals surface area contributed by atoms with Crippen molar-refractivity contribution in [3.8, 4) is 5.75 Å². The van der Waals surface area contributed by atoms with Gasteiger partial charge in [0.15, 0.2) is 0 Å². The van der Waals surface area contributed by atoms with Gasteiger partial charge in [0.2, 0.25) is 0 Å². The summed E-state index contributed by atoms with van der Waals surface area (Å²) in [5.41, 5.74) is 4.19. The quantitative estimate of drug-likeness (QED) is 0.854. The number of nitrogens with two attached hydrogens (primary N) is 1. The monoisotopic (exact) mass is 245 g/mol. The van der Waals surface area contributed by atoms with E-state index in [2.05, 4.69) is 29.4 Å². The molecule has 0 unspecified atom stereocenters. The van der Waals surface area contributed by atoms with E-state index in [1.165, 1.54) is 41.5 Å². The molecule has 1 aliphatic rings. The Kier molecular flexibility index (Phi) is 3.00. The predicted octanol–water partition coefficient (Wildman–Crippen LogP) is 2.14. The van der Waals surface area contributed by atoms with Crippen molar-refractivity contribution in [3.05, 3.63) is 29.5 Å². The normalized spacial score (nSPS) is 18.9. The fourth-order valence-corrected chi connectivity index (χ4v) is 3.08. The summed E-state index contributed by atoms with van der Waals surface area (Å²) in [5, 5.41) is 3.82. The van der Waals surface area contributed by atoms with Crippen molar-refractivity contribution in [1.82, 2.24) is 4.98 Å². The van der Waals surface area contributed by atoms with Gasteiger partial charge in [0, 0.05) is 23.7 Å². The molecule has 3 heteroatoms. The number of aromatic nitrogens is 1. The number of H-pyrrole nitrogens is 1. The Morgan fingerprint density at radius 3 is 3.11 bits per heavy atom. The van der Waals surface area contributed by atoms with Gasteiger partial charge in [0.1, 0.15) is 11.8 Å². The van der Waals surface area contributed by atoms with E-state index >= 15 is 0 Å². The van der Waals surface area contributed by atoms with Crippen molar-refractivity contribution in [2.24, 2.45) is 0 Å². The Bertz CT molecular complexity index is 559. The number of hydrogen-bond acceptors (Lipinski definition) is 1. The molecule has 3 N–H and O–H groups in total. The molecule has 1 aromatic heterocycles. The lowest BCUT2D eigenvalue weighted by Gasteiger charge is -2.20. The van der Waals surface area contributed by atoms with Crippen LogP contribution in [0.3, 0.4) is 0 Å². The SMILES string of the molecule is CCC[C@H]1[NH2+]CCc2c1[nH]c1ccc(OC)cc21.